The molecule has 2 amide bonds. The van der Waals surface area contributed by atoms with Crippen molar-refractivity contribution in [2.75, 3.05) is 31.6 Å². The summed E-state index contributed by atoms with van der Waals surface area (Å²) in [7, 11) is 0. The molecule has 2 N–H and O–H groups in total. The van der Waals surface area contributed by atoms with Gasteiger partial charge in [-0.1, -0.05) is 30.3 Å². The lowest BCUT2D eigenvalue weighted by Gasteiger charge is -2.31. The second-order valence-corrected chi connectivity index (χ2v) is 7.06. The summed E-state index contributed by atoms with van der Waals surface area (Å²) in [6.07, 6.45) is 5.34. The highest BCUT2D eigenvalue weighted by atomic mass is 16.6. The number of nitrogens with zero attached hydrogens (tertiary/aromatic N) is 2. The summed E-state index contributed by atoms with van der Waals surface area (Å²) in [4.78, 5) is 30.2. The van der Waals surface area contributed by atoms with Gasteiger partial charge in [0.15, 0.2) is 0 Å². The first-order valence-electron chi connectivity index (χ1n) is 10.1. The number of carbonyl (C=O) groups is 2. The molecule has 0 saturated carbocycles. The fourth-order valence-electron chi connectivity index (χ4n) is 3.35. The predicted octanol–water partition coefficient (Wildman–Crippen LogP) is 3.09. The largest absolute Gasteiger partial charge is 0.450 e. The molecule has 0 aliphatic carbocycles. The normalized spacial score (nSPS) is 14.3. The van der Waals surface area contributed by atoms with Crippen LogP contribution in [0.25, 0.3) is 0 Å². The van der Waals surface area contributed by atoms with Crippen molar-refractivity contribution in [1.82, 2.24) is 15.2 Å². The van der Waals surface area contributed by atoms with Crippen molar-refractivity contribution in [3.05, 3.63) is 59.9 Å². The number of piperidine rings is 1. The van der Waals surface area contributed by atoms with Crippen LogP contribution < -0.4 is 10.6 Å². The zero-order valence-corrected chi connectivity index (χ0v) is 16.8. The summed E-state index contributed by atoms with van der Waals surface area (Å²) in [5.41, 5.74) is 2.62. The Labute approximate surface area is 171 Å². The van der Waals surface area contributed by atoms with Crippen LogP contribution >= 0.6 is 0 Å². The Morgan fingerprint density at radius 1 is 1.17 bits per heavy atom. The Hall–Kier alpha value is -3.09. The van der Waals surface area contributed by atoms with Crippen LogP contribution in [0.1, 0.15) is 35.7 Å². The van der Waals surface area contributed by atoms with E-state index in [4.69, 9.17) is 4.74 Å². The Bertz CT molecular complexity index is 805. The van der Waals surface area contributed by atoms with Crippen LogP contribution in [0.2, 0.25) is 0 Å². The minimum absolute atomic E-state index is 0.0443. The summed E-state index contributed by atoms with van der Waals surface area (Å²) in [5.74, 6) is -0.140. The number of aromatic nitrogens is 1. The number of hydrogen-bond donors (Lipinski definition) is 2. The highest BCUT2D eigenvalue weighted by Gasteiger charge is 2.24. The first-order chi connectivity index (χ1) is 14.2. The molecule has 1 aliphatic rings. The number of ether oxygens (including phenoxy) is 1. The third-order valence-corrected chi connectivity index (χ3v) is 4.94. The molecular formula is C22H28N4O3. The summed E-state index contributed by atoms with van der Waals surface area (Å²) in [6, 6.07) is 12.1. The molecule has 1 aromatic carbocycles. The van der Waals surface area contributed by atoms with Crippen LogP contribution in [0.3, 0.4) is 0 Å². The highest BCUT2D eigenvalue weighted by molar-refractivity contribution is 5.94. The number of pyridine rings is 1. The maximum absolute atomic E-state index is 12.6. The van der Waals surface area contributed by atoms with E-state index in [2.05, 4.69) is 27.8 Å². The summed E-state index contributed by atoms with van der Waals surface area (Å²) in [6.45, 7) is 4.11. The Kier molecular flexibility index (Phi) is 7.44. The molecule has 0 atom stereocenters. The minimum atomic E-state index is -0.282. The number of hydrogen-bond acceptors (Lipinski definition) is 5. The van der Waals surface area contributed by atoms with E-state index < -0.39 is 0 Å². The maximum Gasteiger partial charge on any atom is 0.409 e. The van der Waals surface area contributed by atoms with E-state index in [1.807, 2.05) is 24.3 Å². The van der Waals surface area contributed by atoms with Gasteiger partial charge in [0.05, 0.1) is 17.9 Å². The monoisotopic (exact) mass is 396 g/mol. The molecule has 2 aromatic rings. The van der Waals surface area contributed by atoms with Gasteiger partial charge >= 0.3 is 6.09 Å². The van der Waals surface area contributed by atoms with E-state index in [0.29, 0.717) is 38.1 Å². The van der Waals surface area contributed by atoms with E-state index in [0.717, 1.165) is 18.7 Å². The van der Waals surface area contributed by atoms with Crippen LogP contribution in [0.5, 0.6) is 0 Å². The van der Waals surface area contributed by atoms with Gasteiger partial charge in [0.25, 0.3) is 5.91 Å². The lowest BCUT2D eigenvalue weighted by Crippen LogP contribution is -2.46. The second kappa shape index (κ2) is 10.5. The lowest BCUT2D eigenvalue weighted by molar-refractivity contribution is 0.0860. The molecule has 154 valence electrons. The van der Waals surface area contributed by atoms with Crippen molar-refractivity contribution < 1.29 is 14.3 Å². The van der Waals surface area contributed by atoms with Crippen molar-refractivity contribution in [3.8, 4) is 0 Å². The number of rotatable bonds is 7. The molecule has 0 bridgehead atoms. The zero-order valence-electron chi connectivity index (χ0n) is 16.8. The molecule has 2 heterocycles. The van der Waals surface area contributed by atoms with Gasteiger partial charge in [-0.3, -0.25) is 9.78 Å². The average Bonchev–Trinajstić information content (AvgIpc) is 2.75. The smallest absolute Gasteiger partial charge is 0.409 e. The Morgan fingerprint density at radius 3 is 2.66 bits per heavy atom. The Morgan fingerprint density at radius 2 is 1.93 bits per heavy atom. The molecule has 1 aliphatic heterocycles. The molecular weight excluding hydrogens is 368 g/mol. The van der Waals surface area contributed by atoms with Crippen LogP contribution in [0, 0.1) is 0 Å². The van der Waals surface area contributed by atoms with Crippen LogP contribution in [0.15, 0.2) is 48.8 Å². The van der Waals surface area contributed by atoms with Gasteiger partial charge in [-0.05, 0) is 37.8 Å². The number of nitrogens with one attached hydrogen (secondary N) is 2. The van der Waals surface area contributed by atoms with E-state index in [1.165, 1.54) is 5.56 Å². The molecule has 1 fully saturated rings. The molecule has 0 radical (unpaired) electrons. The van der Waals surface area contributed by atoms with Crippen molar-refractivity contribution in [1.29, 1.82) is 0 Å². The number of anilines is 1. The van der Waals surface area contributed by atoms with Crippen LogP contribution in [-0.4, -0.2) is 54.2 Å². The second-order valence-electron chi connectivity index (χ2n) is 7.06. The van der Waals surface area contributed by atoms with Crippen molar-refractivity contribution in [3.63, 3.8) is 0 Å². The third-order valence-electron chi connectivity index (χ3n) is 4.94. The van der Waals surface area contributed by atoms with E-state index in [-0.39, 0.29) is 18.0 Å². The maximum atomic E-state index is 12.6. The van der Waals surface area contributed by atoms with E-state index in [1.54, 1.807) is 24.2 Å². The SMILES string of the molecule is CCOC(=O)N1CCC(NC(=O)c2cncc(NCCc3ccccc3)c2)CC1. The molecule has 29 heavy (non-hydrogen) atoms. The van der Waals surface area contributed by atoms with Crippen LogP contribution in [0.4, 0.5) is 10.5 Å². The van der Waals surface area contributed by atoms with Crippen molar-refractivity contribution in [2.45, 2.75) is 32.2 Å². The number of amides is 2. The summed E-state index contributed by atoms with van der Waals surface area (Å²) >= 11 is 0. The van der Waals surface area contributed by atoms with Gasteiger partial charge in [0.1, 0.15) is 0 Å². The quantitative estimate of drug-likeness (QED) is 0.751. The predicted molar refractivity (Wildman–Crippen MR) is 112 cm³/mol. The van der Waals surface area contributed by atoms with Gasteiger partial charge in [-0.2, -0.15) is 0 Å². The third kappa shape index (κ3) is 6.20. The highest BCUT2D eigenvalue weighted by Crippen LogP contribution is 2.14. The fourth-order valence-corrected chi connectivity index (χ4v) is 3.35. The Balaban J connectivity index is 1.46. The zero-order chi connectivity index (χ0) is 20.5. The van der Waals surface area contributed by atoms with Gasteiger partial charge < -0.3 is 20.3 Å². The van der Waals surface area contributed by atoms with Crippen molar-refractivity contribution in [2.24, 2.45) is 0 Å². The average molecular weight is 396 g/mol. The molecule has 1 aromatic heterocycles. The van der Waals surface area contributed by atoms with Crippen LogP contribution in [-0.2, 0) is 11.2 Å². The summed E-state index contributed by atoms with van der Waals surface area (Å²) < 4.78 is 5.03. The van der Waals surface area contributed by atoms with E-state index in [9.17, 15) is 9.59 Å². The van der Waals surface area contributed by atoms with E-state index >= 15 is 0 Å². The lowest BCUT2D eigenvalue weighted by atomic mass is 10.0. The molecule has 7 nitrogen and oxygen atoms in total. The number of benzene rings is 1. The standard InChI is InChI=1S/C22H28N4O3/c1-2-29-22(28)26-12-9-19(10-13-26)25-21(27)18-14-20(16-23-15-18)24-11-8-17-6-4-3-5-7-17/h3-7,14-16,19,24H,2,8-13H2,1H3,(H,25,27). The molecule has 0 spiro atoms. The van der Waals surface area contributed by atoms with Gasteiger partial charge in [0.2, 0.25) is 0 Å². The summed E-state index contributed by atoms with van der Waals surface area (Å²) in [5, 5.41) is 6.37. The first kappa shape index (κ1) is 20.6. The minimum Gasteiger partial charge on any atom is -0.450 e. The number of likely N-dealkylation sites (tertiary alicyclic amines) is 1. The van der Waals surface area contributed by atoms with Crippen molar-refractivity contribution >= 4 is 17.7 Å². The van der Waals surface area contributed by atoms with Gasteiger partial charge in [-0.15, -0.1) is 0 Å². The van der Waals surface area contributed by atoms with Gasteiger partial charge in [0, 0.05) is 38.1 Å². The molecule has 3 rings (SSSR count). The molecule has 0 unspecified atom stereocenters. The van der Waals surface area contributed by atoms with Gasteiger partial charge in [-0.25, -0.2) is 4.79 Å². The first-order valence-corrected chi connectivity index (χ1v) is 10.1. The molecule has 1 saturated heterocycles. The topological polar surface area (TPSA) is 83.6 Å². The number of carbonyl (C=O) groups excluding carboxylic acids is 2. The molecule has 7 heteroatoms. The fraction of sp³-hybridized carbons (Fsp3) is 0.409.